The van der Waals surface area contributed by atoms with Gasteiger partial charge >= 0.3 is 5.97 Å². The summed E-state index contributed by atoms with van der Waals surface area (Å²) >= 11 is 0. The summed E-state index contributed by atoms with van der Waals surface area (Å²) < 4.78 is 0. The van der Waals surface area contributed by atoms with Crippen molar-refractivity contribution in [1.29, 1.82) is 0 Å². The summed E-state index contributed by atoms with van der Waals surface area (Å²) in [5.41, 5.74) is 0.0951. The lowest BCUT2D eigenvalue weighted by Gasteiger charge is -2.21. The van der Waals surface area contributed by atoms with Gasteiger partial charge in [-0.05, 0) is 24.5 Å². The molecule has 1 aliphatic rings. The van der Waals surface area contributed by atoms with E-state index in [1.807, 2.05) is 6.07 Å². The Labute approximate surface area is 107 Å². The number of carbonyl (C=O) groups is 1. The molecule has 2 rings (SSSR count). The molecular weight excluding hydrogens is 228 g/mol. The van der Waals surface area contributed by atoms with Gasteiger partial charge in [-0.3, -0.25) is 0 Å². The zero-order chi connectivity index (χ0) is 12.8. The molecule has 0 saturated heterocycles. The summed E-state index contributed by atoms with van der Waals surface area (Å²) in [5.74, 6) is 0.505. The fraction of sp³-hybridized carbons (Fsp3) is 0.571. The Kier molecular flexibility index (Phi) is 4.56. The molecule has 0 spiro atoms. The minimum atomic E-state index is -0.981. The topological polar surface area (TPSA) is 62.2 Å². The van der Waals surface area contributed by atoms with Crippen LogP contribution in [0, 0.1) is 5.92 Å². The molecule has 2 N–H and O–H groups in total. The van der Waals surface area contributed by atoms with E-state index in [0.717, 1.165) is 18.9 Å². The molecule has 1 aromatic rings. The summed E-state index contributed by atoms with van der Waals surface area (Å²) in [6.07, 6.45) is 7.93. The Morgan fingerprint density at radius 1 is 1.33 bits per heavy atom. The van der Waals surface area contributed by atoms with E-state index in [1.54, 1.807) is 6.07 Å². The molecule has 0 bridgehead atoms. The number of anilines is 1. The molecule has 1 saturated carbocycles. The fourth-order valence-electron chi connectivity index (χ4n) is 2.53. The molecule has 0 radical (unpaired) electrons. The smallest absolute Gasteiger partial charge is 0.354 e. The van der Waals surface area contributed by atoms with Gasteiger partial charge in [0.2, 0.25) is 0 Å². The van der Waals surface area contributed by atoms with Crippen LogP contribution in [0.5, 0.6) is 0 Å². The number of carboxylic acids is 1. The third-order valence-corrected chi connectivity index (χ3v) is 3.55. The predicted octanol–water partition coefficient (Wildman–Crippen LogP) is 3.16. The van der Waals surface area contributed by atoms with Gasteiger partial charge < -0.3 is 10.4 Å². The second-order valence-corrected chi connectivity index (χ2v) is 4.93. The predicted molar refractivity (Wildman–Crippen MR) is 70.9 cm³/mol. The standard InChI is InChI=1S/C14H20N2O2/c17-14(18)12-7-4-8-13(16-12)15-10-9-11-5-2-1-3-6-11/h4,7-8,11H,1-3,5-6,9-10H2,(H,15,16)(H,17,18). The van der Waals surface area contributed by atoms with E-state index >= 15 is 0 Å². The van der Waals surface area contributed by atoms with Gasteiger partial charge in [-0.15, -0.1) is 0 Å². The van der Waals surface area contributed by atoms with Crippen molar-refractivity contribution in [3.8, 4) is 0 Å². The number of hydrogen-bond acceptors (Lipinski definition) is 3. The Morgan fingerprint density at radius 3 is 2.83 bits per heavy atom. The Morgan fingerprint density at radius 2 is 2.11 bits per heavy atom. The van der Waals surface area contributed by atoms with E-state index in [1.165, 1.54) is 38.2 Å². The number of nitrogens with zero attached hydrogens (tertiary/aromatic N) is 1. The summed E-state index contributed by atoms with van der Waals surface area (Å²) in [6, 6.07) is 5.04. The maximum absolute atomic E-state index is 10.8. The number of rotatable bonds is 5. The largest absolute Gasteiger partial charge is 0.477 e. The molecule has 0 aromatic carbocycles. The quantitative estimate of drug-likeness (QED) is 0.840. The number of aromatic nitrogens is 1. The van der Waals surface area contributed by atoms with Gasteiger partial charge in [-0.1, -0.05) is 38.2 Å². The molecule has 0 unspecified atom stereocenters. The summed E-state index contributed by atoms with van der Waals surface area (Å²) in [5, 5.41) is 12.1. The van der Waals surface area contributed by atoms with Crippen molar-refractivity contribution in [1.82, 2.24) is 4.98 Å². The molecule has 4 nitrogen and oxygen atoms in total. The average Bonchev–Trinajstić information content (AvgIpc) is 2.40. The summed E-state index contributed by atoms with van der Waals surface area (Å²) in [4.78, 5) is 14.8. The average molecular weight is 248 g/mol. The van der Waals surface area contributed by atoms with Crippen LogP contribution in [0.15, 0.2) is 18.2 Å². The van der Waals surface area contributed by atoms with Gasteiger partial charge in [0.25, 0.3) is 0 Å². The van der Waals surface area contributed by atoms with Gasteiger partial charge in [-0.25, -0.2) is 9.78 Å². The molecule has 1 heterocycles. The summed E-state index contributed by atoms with van der Waals surface area (Å²) in [7, 11) is 0. The molecular formula is C14H20N2O2. The first-order chi connectivity index (χ1) is 8.75. The number of pyridine rings is 1. The van der Waals surface area contributed by atoms with Crippen LogP contribution in [-0.4, -0.2) is 22.6 Å². The van der Waals surface area contributed by atoms with Crippen LogP contribution in [0.25, 0.3) is 0 Å². The SMILES string of the molecule is O=C(O)c1cccc(NCCC2CCCCC2)n1. The van der Waals surface area contributed by atoms with Gasteiger partial charge in [0, 0.05) is 6.54 Å². The van der Waals surface area contributed by atoms with Crippen LogP contribution >= 0.6 is 0 Å². The minimum absolute atomic E-state index is 0.0951. The Hall–Kier alpha value is -1.58. The molecule has 0 aliphatic heterocycles. The van der Waals surface area contributed by atoms with Crippen LogP contribution in [0.2, 0.25) is 0 Å². The second kappa shape index (κ2) is 6.38. The first-order valence-electron chi connectivity index (χ1n) is 6.70. The normalized spacial score (nSPS) is 16.4. The first kappa shape index (κ1) is 12.9. The first-order valence-corrected chi connectivity index (χ1v) is 6.70. The molecule has 1 aliphatic carbocycles. The number of aromatic carboxylic acids is 1. The van der Waals surface area contributed by atoms with Crippen LogP contribution in [0.3, 0.4) is 0 Å². The molecule has 1 aromatic heterocycles. The number of carboxylic acid groups (broad SMARTS) is 1. The zero-order valence-corrected chi connectivity index (χ0v) is 10.6. The van der Waals surface area contributed by atoms with Crippen molar-refractivity contribution in [2.75, 3.05) is 11.9 Å². The molecule has 1 fully saturated rings. The molecule has 4 heteroatoms. The maximum Gasteiger partial charge on any atom is 0.354 e. The van der Waals surface area contributed by atoms with E-state index < -0.39 is 5.97 Å². The van der Waals surface area contributed by atoms with E-state index in [9.17, 15) is 4.79 Å². The molecule has 98 valence electrons. The van der Waals surface area contributed by atoms with Crippen molar-refractivity contribution in [2.24, 2.45) is 5.92 Å². The van der Waals surface area contributed by atoms with E-state index in [4.69, 9.17) is 5.11 Å². The fourth-order valence-corrected chi connectivity index (χ4v) is 2.53. The van der Waals surface area contributed by atoms with Crippen LogP contribution in [0.4, 0.5) is 5.82 Å². The monoisotopic (exact) mass is 248 g/mol. The second-order valence-electron chi connectivity index (χ2n) is 4.93. The van der Waals surface area contributed by atoms with Crippen molar-refractivity contribution in [3.05, 3.63) is 23.9 Å². The minimum Gasteiger partial charge on any atom is -0.477 e. The van der Waals surface area contributed by atoms with Crippen molar-refractivity contribution < 1.29 is 9.90 Å². The molecule has 18 heavy (non-hydrogen) atoms. The lowest BCUT2D eigenvalue weighted by Crippen LogP contribution is -2.13. The molecule has 0 amide bonds. The van der Waals surface area contributed by atoms with Gasteiger partial charge in [0.05, 0.1) is 0 Å². The highest BCUT2D eigenvalue weighted by molar-refractivity contribution is 5.85. The third kappa shape index (κ3) is 3.72. The number of hydrogen-bond donors (Lipinski definition) is 2. The maximum atomic E-state index is 10.8. The van der Waals surface area contributed by atoms with Crippen LogP contribution in [-0.2, 0) is 0 Å². The van der Waals surface area contributed by atoms with Crippen molar-refractivity contribution in [2.45, 2.75) is 38.5 Å². The number of nitrogens with one attached hydrogen (secondary N) is 1. The van der Waals surface area contributed by atoms with Gasteiger partial charge in [0.15, 0.2) is 5.69 Å². The van der Waals surface area contributed by atoms with Crippen LogP contribution < -0.4 is 5.32 Å². The lowest BCUT2D eigenvalue weighted by atomic mass is 9.87. The van der Waals surface area contributed by atoms with E-state index in [0.29, 0.717) is 5.82 Å². The van der Waals surface area contributed by atoms with Gasteiger partial charge in [-0.2, -0.15) is 0 Å². The highest BCUT2D eigenvalue weighted by atomic mass is 16.4. The van der Waals surface area contributed by atoms with Gasteiger partial charge in [0.1, 0.15) is 5.82 Å². The van der Waals surface area contributed by atoms with Crippen molar-refractivity contribution in [3.63, 3.8) is 0 Å². The van der Waals surface area contributed by atoms with Crippen molar-refractivity contribution >= 4 is 11.8 Å². The zero-order valence-electron chi connectivity index (χ0n) is 10.6. The Bertz CT molecular complexity index is 401. The summed E-state index contributed by atoms with van der Waals surface area (Å²) in [6.45, 7) is 0.876. The third-order valence-electron chi connectivity index (χ3n) is 3.55. The molecule has 0 atom stereocenters. The highest BCUT2D eigenvalue weighted by Gasteiger charge is 2.12. The Balaban J connectivity index is 1.78. The highest BCUT2D eigenvalue weighted by Crippen LogP contribution is 2.26. The lowest BCUT2D eigenvalue weighted by molar-refractivity contribution is 0.0690. The van der Waals surface area contributed by atoms with E-state index in [-0.39, 0.29) is 5.69 Å². The van der Waals surface area contributed by atoms with Crippen LogP contribution in [0.1, 0.15) is 49.0 Å². The van der Waals surface area contributed by atoms with E-state index in [2.05, 4.69) is 10.3 Å².